The number of alkyl halides is 4. The zero-order valence-electron chi connectivity index (χ0n) is 23.9. The van der Waals surface area contributed by atoms with Crippen LogP contribution in [-0.2, 0) is 11.2 Å². The second-order valence-electron chi connectivity index (χ2n) is 10.7. The summed E-state index contributed by atoms with van der Waals surface area (Å²) in [5, 5.41) is 3.85. The number of amides is 1. The average molecular weight is 609 g/mol. The highest BCUT2D eigenvalue weighted by molar-refractivity contribution is 5.86. The van der Waals surface area contributed by atoms with Gasteiger partial charge in [0.1, 0.15) is 5.75 Å². The molecule has 8 nitrogen and oxygen atoms in total. The van der Waals surface area contributed by atoms with Gasteiger partial charge in [0, 0.05) is 49.7 Å². The zero-order chi connectivity index (χ0) is 31.1. The first-order valence-electron chi connectivity index (χ1n) is 14.3. The predicted molar refractivity (Wildman–Crippen MR) is 162 cm³/mol. The zero-order valence-corrected chi connectivity index (χ0v) is 23.9. The van der Waals surface area contributed by atoms with Crippen LogP contribution in [0.2, 0.25) is 0 Å². The number of halogens is 4. The van der Waals surface area contributed by atoms with Crippen LogP contribution in [-0.4, -0.2) is 73.0 Å². The van der Waals surface area contributed by atoms with Gasteiger partial charge in [-0.15, -0.1) is 0 Å². The molecule has 12 heteroatoms. The molecule has 1 aliphatic rings. The second kappa shape index (κ2) is 13.8. The number of nitrogens with zero attached hydrogens (tertiary/aromatic N) is 4. The van der Waals surface area contributed by atoms with E-state index in [-0.39, 0.29) is 5.75 Å². The summed E-state index contributed by atoms with van der Waals surface area (Å²) >= 11 is 0. The molecule has 0 bridgehead atoms. The number of H-pyrrole nitrogens is 1. The molecular weight excluding hydrogens is 576 g/mol. The van der Waals surface area contributed by atoms with E-state index < -0.39 is 19.0 Å². The first kappa shape index (κ1) is 30.8. The van der Waals surface area contributed by atoms with E-state index in [0.29, 0.717) is 34.7 Å². The highest BCUT2D eigenvalue weighted by Crippen LogP contribution is 2.31. The first-order valence-corrected chi connectivity index (χ1v) is 14.3. The Kier molecular flexibility index (Phi) is 9.65. The molecule has 1 fully saturated rings. The number of hydrogen-bond donors (Lipinski definition) is 2. The number of carbonyl (C=O) groups is 1. The lowest BCUT2D eigenvalue weighted by Gasteiger charge is -2.36. The minimum Gasteiger partial charge on any atom is -0.487 e. The number of hydrogen-bond acceptors (Lipinski definition) is 5. The van der Waals surface area contributed by atoms with Gasteiger partial charge in [0.25, 0.3) is 0 Å². The lowest BCUT2D eigenvalue weighted by molar-refractivity contribution is -0.148. The molecule has 0 unspecified atom stereocenters. The van der Waals surface area contributed by atoms with E-state index in [0.717, 1.165) is 62.9 Å². The van der Waals surface area contributed by atoms with E-state index >= 15 is 0 Å². The summed E-state index contributed by atoms with van der Waals surface area (Å²) in [6, 6.07) is 13.6. The number of benzene rings is 2. The molecule has 0 saturated carbocycles. The molecule has 1 aliphatic heterocycles. The molecule has 230 valence electrons. The molecular formula is C32H32F4N6O2. The molecule has 2 aromatic carbocycles. The molecule has 2 aromatic heterocycles. The van der Waals surface area contributed by atoms with E-state index in [9.17, 15) is 22.4 Å². The molecule has 4 aromatic rings. The molecule has 0 spiro atoms. The van der Waals surface area contributed by atoms with Crippen molar-refractivity contribution in [1.82, 2.24) is 14.9 Å². The van der Waals surface area contributed by atoms with E-state index in [1.165, 1.54) is 17.7 Å². The van der Waals surface area contributed by atoms with Gasteiger partial charge in [-0.1, -0.05) is 18.2 Å². The predicted octanol–water partition coefficient (Wildman–Crippen LogP) is 6.77. The summed E-state index contributed by atoms with van der Waals surface area (Å²) in [5.74, 6) is -3.53. The van der Waals surface area contributed by atoms with Crippen LogP contribution in [0.15, 0.2) is 60.9 Å². The number of nitrogens with one attached hydrogen (secondary N) is 2. The van der Waals surface area contributed by atoms with Crippen LogP contribution in [0.5, 0.6) is 5.75 Å². The van der Waals surface area contributed by atoms with Crippen molar-refractivity contribution in [3.63, 3.8) is 0 Å². The molecule has 0 atom stereocenters. The summed E-state index contributed by atoms with van der Waals surface area (Å²) in [6.07, 6.45) is 3.54. The van der Waals surface area contributed by atoms with E-state index in [2.05, 4.69) is 29.9 Å². The number of unbranched alkanes of at least 4 members (excludes halogenated alkanes) is 1. The quantitative estimate of drug-likeness (QED) is 0.0758. The number of carbonyl (C=O) groups excluding carboxylic acids is 1. The fourth-order valence-corrected chi connectivity index (χ4v) is 5.30. The third-order valence-electron chi connectivity index (χ3n) is 7.74. The van der Waals surface area contributed by atoms with Crippen molar-refractivity contribution >= 4 is 34.5 Å². The van der Waals surface area contributed by atoms with Crippen LogP contribution in [0.4, 0.5) is 34.8 Å². The molecule has 5 rings (SSSR count). The Morgan fingerprint density at radius 1 is 1.07 bits per heavy atom. The third kappa shape index (κ3) is 7.29. The fraction of sp³-hybridized carbons (Fsp3) is 0.344. The van der Waals surface area contributed by atoms with Crippen molar-refractivity contribution in [1.29, 1.82) is 0 Å². The molecule has 0 aliphatic carbocycles. The standard InChI is InChI=1S/C32H32F4N6O2/c1-37-25-7-10-28-27(17-25)23(18-38-28)4-2-3-11-41-12-14-42(15-13-41)30-29(40-21-43)16-24(19-39-30)22-5-8-26(9-6-22)44-20-32(35,36)31(33)34/h5-10,16-19,21,31,38H,2-4,11-15,20H2,(H,40,43). The Hall–Kier alpha value is -4.63. The van der Waals surface area contributed by atoms with Gasteiger partial charge in [0.05, 0.1) is 12.3 Å². The summed E-state index contributed by atoms with van der Waals surface area (Å²) in [7, 11) is 0. The summed E-state index contributed by atoms with van der Waals surface area (Å²) in [5.41, 5.74) is 4.85. The van der Waals surface area contributed by atoms with Gasteiger partial charge in [0.2, 0.25) is 6.41 Å². The highest BCUT2D eigenvalue weighted by Gasteiger charge is 2.41. The van der Waals surface area contributed by atoms with Crippen molar-refractivity contribution in [3.05, 3.63) is 77.9 Å². The maximum Gasteiger partial charge on any atom is 0.340 e. The van der Waals surface area contributed by atoms with E-state index in [1.807, 2.05) is 24.4 Å². The Labute approximate surface area is 252 Å². The van der Waals surface area contributed by atoms with Crippen molar-refractivity contribution in [3.8, 4) is 16.9 Å². The largest absolute Gasteiger partial charge is 0.487 e. The molecule has 3 heterocycles. The van der Waals surface area contributed by atoms with Gasteiger partial charge >= 0.3 is 12.3 Å². The van der Waals surface area contributed by atoms with Crippen LogP contribution >= 0.6 is 0 Å². The minimum absolute atomic E-state index is 0.0379. The molecule has 2 N–H and O–H groups in total. The van der Waals surface area contributed by atoms with Crippen molar-refractivity contribution in [2.24, 2.45) is 0 Å². The van der Waals surface area contributed by atoms with Crippen molar-refractivity contribution in [2.75, 3.05) is 49.5 Å². The van der Waals surface area contributed by atoms with Gasteiger partial charge in [-0.05, 0) is 72.7 Å². The Balaban J connectivity index is 1.13. The monoisotopic (exact) mass is 608 g/mol. The van der Waals surface area contributed by atoms with Crippen molar-refractivity contribution in [2.45, 2.75) is 31.6 Å². The topological polar surface area (TPSA) is 77.8 Å². The highest BCUT2D eigenvalue weighted by atomic mass is 19.3. The maximum absolute atomic E-state index is 13.2. The summed E-state index contributed by atoms with van der Waals surface area (Å²) < 4.78 is 55.9. The van der Waals surface area contributed by atoms with Crippen molar-refractivity contribution < 1.29 is 27.1 Å². The lowest BCUT2D eigenvalue weighted by Crippen LogP contribution is -2.47. The number of aryl methyl sites for hydroxylation is 1. The number of fused-ring (bicyclic) bond motifs is 1. The lowest BCUT2D eigenvalue weighted by atomic mass is 10.1. The van der Waals surface area contributed by atoms with Gasteiger partial charge in [0.15, 0.2) is 18.1 Å². The number of aromatic amines is 1. The first-order chi connectivity index (χ1) is 21.3. The number of ether oxygens (including phenoxy) is 1. The Morgan fingerprint density at radius 2 is 1.84 bits per heavy atom. The number of anilines is 2. The van der Waals surface area contributed by atoms with Crippen LogP contribution in [0.1, 0.15) is 18.4 Å². The van der Waals surface area contributed by atoms with Gasteiger partial charge < -0.3 is 19.9 Å². The van der Waals surface area contributed by atoms with Crippen LogP contribution in [0, 0.1) is 6.57 Å². The minimum atomic E-state index is -4.23. The smallest absolute Gasteiger partial charge is 0.340 e. The maximum atomic E-state index is 13.2. The van der Waals surface area contributed by atoms with Crippen LogP contribution in [0.25, 0.3) is 26.9 Å². The summed E-state index contributed by atoms with van der Waals surface area (Å²) in [4.78, 5) is 27.4. The van der Waals surface area contributed by atoms with E-state index in [1.54, 1.807) is 24.4 Å². The molecule has 1 amide bonds. The number of aromatic nitrogens is 2. The Morgan fingerprint density at radius 3 is 2.55 bits per heavy atom. The van der Waals surface area contributed by atoms with Crippen LogP contribution in [0.3, 0.4) is 0 Å². The van der Waals surface area contributed by atoms with E-state index in [4.69, 9.17) is 11.3 Å². The van der Waals surface area contributed by atoms with Gasteiger partial charge in [-0.25, -0.2) is 18.6 Å². The SMILES string of the molecule is [C-]#[N+]c1ccc2[nH]cc(CCCCN3CCN(c4ncc(-c5ccc(OCC(F)(F)C(F)F)cc5)cc4NC=O)CC3)c2c1. The van der Waals surface area contributed by atoms with Gasteiger partial charge in [-0.2, -0.15) is 8.78 Å². The number of pyridine rings is 1. The molecule has 0 radical (unpaired) electrons. The normalized spacial score (nSPS) is 14.1. The van der Waals surface area contributed by atoms with Gasteiger partial charge in [-0.3, -0.25) is 9.69 Å². The Bertz CT molecular complexity index is 1610. The number of piperazine rings is 1. The van der Waals surface area contributed by atoms with Crippen LogP contribution < -0.4 is 15.0 Å². The average Bonchev–Trinajstić information content (AvgIpc) is 3.45. The second-order valence-corrected chi connectivity index (χ2v) is 10.7. The fourth-order valence-electron chi connectivity index (χ4n) is 5.30. The summed E-state index contributed by atoms with van der Waals surface area (Å²) in [6.45, 7) is 10.0. The molecule has 1 saturated heterocycles. The third-order valence-corrected chi connectivity index (χ3v) is 7.74. The number of rotatable bonds is 13. The molecule has 44 heavy (non-hydrogen) atoms.